The highest BCUT2D eigenvalue weighted by Gasteiger charge is 2.51. The van der Waals surface area contributed by atoms with Crippen LogP contribution in [0.5, 0.6) is 0 Å². The summed E-state index contributed by atoms with van der Waals surface area (Å²) < 4.78 is 16.9. The summed E-state index contributed by atoms with van der Waals surface area (Å²) in [7, 11) is 0. The monoisotopic (exact) mass is 707 g/mol. The Labute approximate surface area is 295 Å². The Balaban J connectivity index is 1.14. The molecular formula is C36H46FN7O7. The van der Waals surface area contributed by atoms with Gasteiger partial charge in [-0.05, 0) is 75.9 Å². The number of pyridine rings is 1. The minimum atomic E-state index is -1.35. The molecule has 0 radical (unpaired) electrons. The molecule has 14 nitrogen and oxygen atoms in total. The van der Waals surface area contributed by atoms with Crippen molar-refractivity contribution in [3.8, 4) is 0 Å². The van der Waals surface area contributed by atoms with E-state index in [9.17, 15) is 29.1 Å². The molecule has 1 saturated heterocycles. The first kappa shape index (κ1) is 37.4. The number of carbonyl (C=O) groups is 4. The van der Waals surface area contributed by atoms with E-state index in [0.29, 0.717) is 88.4 Å². The van der Waals surface area contributed by atoms with Gasteiger partial charge in [0.1, 0.15) is 22.8 Å². The normalized spacial score (nSPS) is 16.3. The fourth-order valence-corrected chi connectivity index (χ4v) is 6.50. The van der Waals surface area contributed by atoms with Crippen molar-refractivity contribution in [2.75, 3.05) is 49.5 Å². The van der Waals surface area contributed by atoms with Crippen LogP contribution in [-0.2, 0) is 32.4 Å². The highest BCUT2D eigenvalue weighted by Crippen LogP contribution is 2.41. The molecule has 2 aliphatic rings. The van der Waals surface area contributed by atoms with E-state index < -0.39 is 46.0 Å². The van der Waals surface area contributed by atoms with Gasteiger partial charge in [0.15, 0.2) is 0 Å². The van der Waals surface area contributed by atoms with Crippen molar-refractivity contribution in [3.63, 3.8) is 0 Å². The van der Waals surface area contributed by atoms with Gasteiger partial charge in [-0.3, -0.25) is 24.0 Å². The predicted octanol–water partition coefficient (Wildman–Crippen LogP) is 2.58. The van der Waals surface area contributed by atoms with Crippen LogP contribution in [0.1, 0.15) is 61.9 Å². The number of carboxylic acid groups (broad SMARTS) is 1. The second kappa shape index (κ2) is 16.4. The summed E-state index contributed by atoms with van der Waals surface area (Å²) in [5, 5.41) is 19.6. The second-order valence-electron chi connectivity index (χ2n) is 12.9. The molecule has 1 aliphatic carbocycles. The number of piperazine rings is 1. The number of hydrogen-bond donors (Lipinski definition) is 5. The third kappa shape index (κ3) is 8.21. The third-order valence-electron chi connectivity index (χ3n) is 9.67. The number of aromatic nitrogens is 1. The molecule has 2 aromatic carbocycles. The van der Waals surface area contributed by atoms with E-state index in [4.69, 9.17) is 10.6 Å². The van der Waals surface area contributed by atoms with E-state index in [2.05, 4.69) is 16.0 Å². The summed E-state index contributed by atoms with van der Waals surface area (Å²) >= 11 is 0. The van der Waals surface area contributed by atoms with Gasteiger partial charge in [-0.25, -0.2) is 9.18 Å². The number of rotatable bonds is 15. The third-order valence-corrected chi connectivity index (χ3v) is 9.67. The number of aromatic carboxylic acids is 1. The van der Waals surface area contributed by atoms with E-state index in [-0.39, 0.29) is 17.9 Å². The van der Waals surface area contributed by atoms with E-state index in [1.165, 1.54) is 6.20 Å². The molecule has 6 N–H and O–H groups in total. The standard InChI is InChI=1S/C36H46FN7O7/c1-3-39-34(49)36(12-6-13-36)35(50)41-28(7-5-14-38)32(46)40-24-10-8-23(9-11-24)22-51-44-17-15-43(16-18-44)30-20-29-25(19-27(30)37)31(45)26(33(47)48)21-42(29)4-2/h8-11,19-21,28H,3-7,12-18,22,38H2,1-2H3,(H,39,49)(H,40,46)(H,41,50)(H,47,48)/t28-/m0/s1. The van der Waals surface area contributed by atoms with Gasteiger partial charge in [-0.1, -0.05) is 18.6 Å². The number of carbonyl (C=O) groups excluding carboxylic acids is 3. The SMILES string of the molecule is CCNC(=O)C1(C(=O)N[C@@H](CCCN)C(=O)Nc2ccc(CON3CCN(c4cc5c(cc4F)c(=O)c(C(=O)O)cn5CC)CC3)cc2)CCC1. The van der Waals surface area contributed by atoms with Gasteiger partial charge in [0.05, 0.1) is 17.8 Å². The summed E-state index contributed by atoms with van der Waals surface area (Å²) in [6.07, 6.45) is 3.80. The Morgan fingerprint density at radius 1 is 1.04 bits per heavy atom. The van der Waals surface area contributed by atoms with Crippen LogP contribution in [0.2, 0.25) is 0 Å². The van der Waals surface area contributed by atoms with Gasteiger partial charge >= 0.3 is 5.97 Å². The number of anilines is 2. The molecule has 3 aromatic rings. The molecular weight excluding hydrogens is 661 g/mol. The summed E-state index contributed by atoms with van der Waals surface area (Å²) in [6, 6.07) is 9.02. The first-order valence-corrected chi connectivity index (χ1v) is 17.4. The topological polar surface area (TPSA) is 188 Å². The zero-order valence-electron chi connectivity index (χ0n) is 29.0. The smallest absolute Gasteiger partial charge is 0.341 e. The molecule has 274 valence electrons. The largest absolute Gasteiger partial charge is 0.477 e. The Morgan fingerprint density at radius 2 is 1.75 bits per heavy atom. The number of nitrogens with one attached hydrogen (secondary N) is 3. The van der Waals surface area contributed by atoms with Gasteiger partial charge in [0.2, 0.25) is 23.2 Å². The van der Waals surface area contributed by atoms with Gasteiger partial charge in [-0.2, -0.15) is 5.06 Å². The number of hydrogen-bond acceptors (Lipinski definition) is 9. The maximum Gasteiger partial charge on any atom is 0.341 e. The number of amides is 3. The highest BCUT2D eigenvalue weighted by molar-refractivity contribution is 6.07. The average Bonchev–Trinajstić information content (AvgIpc) is 3.09. The number of benzene rings is 2. The van der Waals surface area contributed by atoms with E-state index in [1.54, 1.807) is 34.8 Å². The van der Waals surface area contributed by atoms with Crippen LogP contribution >= 0.6 is 0 Å². The number of aryl methyl sites for hydroxylation is 1. The molecule has 5 rings (SSSR count). The lowest BCUT2D eigenvalue weighted by molar-refractivity contribution is -0.171. The summed E-state index contributed by atoms with van der Waals surface area (Å²) in [5.41, 5.74) is 5.63. The van der Waals surface area contributed by atoms with E-state index in [0.717, 1.165) is 18.1 Å². The van der Waals surface area contributed by atoms with Crippen LogP contribution in [0.25, 0.3) is 10.9 Å². The fraction of sp³-hybridized carbons (Fsp3) is 0.472. The number of nitrogens with zero attached hydrogens (tertiary/aromatic N) is 3. The molecule has 51 heavy (non-hydrogen) atoms. The molecule has 2 fully saturated rings. The Kier molecular flexibility index (Phi) is 12.1. The molecule has 0 spiro atoms. The van der Waals surface area contributed by atoms with E-state index in [1.807, 2.05) is 24.0 Å². The van der Waals surface area contributed by atoms with Crippen molar-refractivity contribution in [1.82, 2.24) is 20.3 Å². The maximum atomic E-state index is 15.3. The van der Waals surface area contributed by atoms with Crippen molar-refractivity contribution in [1.29, 1.82) is 0 Å². The summed E-state index contributed by atoms with van der Waals surface area (Å²) in [5.74, 6) is -3.09. The summed E-state index contributed by atoms with van der Waals surface area (Å²) in [6.45, 7) is 6.96. The Morgan fingerprint density at radius 3 is 2.33 bits per heavy atom. The van der Waals surface area contributed by atoms with Crippen LogP contribution in [0.4, 0.5) is 15.8 Å². The van der Waals surface area contributed by atoms with Crippen molar-refractivity contribution >= 4 is 46.0 Å². The molecule has 0 unspecified atom stereocenters. The second-order valence-corrected chi connectivity index (χ2v) is 12.9. The van der Waals surface area contributed by atoms with Gasteiger partial charge in [-0.15, -0.1) is 0 Å². The molecule has 0 bridgehead atoms. The van der Waals surface area contributed by atoms with Crippen molar-refractivity contribution < 1.29 is 33.5 Å². The van der Waals surface area contributed by atoms with Gasteiger partial charge < -0.3 is 36.3 Å². The molecule has 15 heteroatoms. The highest BCUT2D eigenvalue weighted by atomic mass is 19.1. The Bertz CT molecular complexity index is 1820. The number of hydroxylamine groups is 2. The molecule has 1 atom stereocenters. The van der Waals surface area contributed by atoms with Crippen molar-refractivity contribution in [2.45, 2.75) is 65.1 Å². The minimum Gasteiger partial charge on any atom is -0.477 e. The van der Waals surface area contributed by atoms with Crippen LogP contribution in [0.15, 0.2) is 47.4 Å². The quantitative estimate of drug-likeness (QED) is 0.147. The molecule has 2 heterocycles. The van der Waals surface area contributed by atoms with Crippen molar-refractivity contribution in [3.05, 3.63) is 69.8 Å². The molecule has 3 amide bonds. The number of nitrogens with two attached hydrogens (primary N) is 1. The van der Waals surface area contributed by atoms with Crippen LogP contribution < -0.4 is 32.0 Å². The predicted molar refractivity (Wildman–Crippen MR) is 190 cm³/mol. The van der Waals surface area contributed by atoms with Crippen LogP contribution in [-0.4, -0.2) is 83.7 Å². The molecule has 1 aromatic heterocycles. The zero-order chi connectivity index (χ0) is 36.7. The van der Waals surface area contributed by atoms with Gasteiger partial charge in [0.25, 0.3) is 0 Å². The fourth-order valence-electron chi connectivity index (χ4n) is 6.50. The van der Waals surface area contributed by atoms with Crippen LogP contribution in [0, 0.1) is 11.2 Å². The number of halogens is 1. The van der Waals surface area contributed by atoms with Crippen molar-refractivity contribution in [2.24, 2.45) is 11.1 Å². The lowest BCUT2D eigenvalue weighted by atomic mass is 9.67. The summed E-state index contributed by atoms with van der Waals surface area (Å²) in [4.78, 5) is 71.2. The molecule has 1 saturated carbocycles. The maximum absolute atomic E-state index is 15.3. The lowest BCUT2D eigenvalue weighted by Crippen LogP contribution is -2.58. The Hall–Kier alpha value is -4.86. The average molecular weight is 708 g/mol. The number of fused-ring (bicyclic) bond motifs is 1. The molecule has 1 aliphatic heterocycles. The van der Waals surface area contributed by atoms with Gasteiger partial charge in [0, 0.05) is 56.5 Å². The first-order chi connectivity index (χ1) is 24.5. The van der Waals surface area contributed by atoms with Crippen LogP contribution in [0.3, 0.4) is 0 Å². The first-order valence-electron chi connectivity index (χ1n) is 17.4. The van der Waals surface area contributed by atoms with E-state index >= 15 is 4.39 Å². The minimum absolute atomic E-state index is 0.0267. The zero-order valence-corrected chi connectivity index (χ0v) is 29.0. The number of carboxylic acids is 1. The lowest BCUT2D eigenvalue weighted by Gasteiger charge is -2.39.